The van der Waals surface area contributed by atoms with Crippen LogP contribution in [-0.2, 0) is 0 Å². The summed E-state index contributed by atoms with van der Waals surface area (Å²) in [6.07, 6.45) is 1.81. The Hall–Kier alpha value is -1.81. The number of pyridine rings is 1. The molecule has 13 heavy (non-hydrogen) atoms. The summed E-state index contributed by atoms with van der Waals surface area (Å²) in [5, 5.41) is 0. The van der Waals surface area contributed by atoms with Crippen molar-refractivity contribution < 1.29 is 0 Å². The van der Waals surface area contributed by atoms with Crippen molar-refractivity contribution in [2.75, 3.05) is 0 Å². The molecule has 0 aliphatic heterocycles. The van der Waals surface area contributed by atoms with Crippen molar-refractivity contribution in [3.05, 3.63) is 54.4 Å². The average molecular weight is 165 g/mol. The smallest absolute Gasteiger partial charge is 0.0497 e. The van der Waals surface area contributed by atoms with Gasteiger partial charge in [0, 0.05) is 35.2 Å². The lowest BCUT2D eigenvalue weighted by Crippen LogP contribution is -1.81. The fourth-order valence-corrected chi connectivity index (χ4v) is 1.05. The molecular formula is C12H7N. The van der Waals surface area contributed by atoms with Gasteiger partial charge in [-0.3, -0.25) is 4.98 Å². The zero-order valence-electron chi connectivity index (χ0n) is 7.26. The third-order valence-corrected chi connectivity index (χ3v) is 1.75. The molecule has 1 heteroatoms. The molecule has 0 saturated carbocycles. The maximum atomic E-state index is 4.19. The minimum Gasteiger partial charge on any atom is -0.261 e. The zero-order chi connectivity index (χ0) is 9.10. The number of aromatic nitrogens is 1. The highest BCUT2D eigenvalue weighted by atomic mass is 14.7. The van der Waals surface area contributed by atoms with Gasteiger partial charge in [-0.05, 0) is 19.1 Å². The molecular weight excluding hydrogens is 158 g/mol. The van der Waals surface area contributed by atoms with Crippen molar-refractivity contribution >= 4 is 0 Å². The van der Waals surface area contributed by atoms with E-state index < -0.39 is 0 Å². The first-order valence-corrected chi connectivity index (χ1v) is 4.01. The van der Waals surface area contributed by atoms with E-state index in [1.807, 2.05) is 25.3 Å². The van der Waals surface area contributed by atoms with Crippen molar-refractivity contribution in [1.82, 2.24) is 4.98 Å². The number of rotatable bonds is 1. The van der Waals surface area contributed by atoms with Gasteiger partial charge >= 0.3 is 0 Å². The standard InChI is InChI=1S/C12H7N/c1-10-7-8-12(9-13-10)11-5-3-2-4-6-11/h3,7-9H,1H3. The summed E-state index contributed by atoms with van der Waals surface area (Å²) in [6.45, 7) is 1.96. The summed E-state index contributed by atoms with van der Waals surface area (Å²) in [5.74, 6) is 0. The van der Waals surface area contributed by atoms with Crippen LogP contribution in [0.5, 0.6) is 0 Å². The van der Waals surface area contributed by atoms with E-state index in [0.717, 1.165) is 16.8 Å². The summed E-state index contributed by atoms with van der Waals surface area (Å²) >= 11 is 0. The monoisotopic (exact) mass is 165 g/mol. The second-order valence-electron chi connectivity index (χ2n) is 2.75. The normalized spacial score (nSPS) is 9.31. The minimum absolute atomic E-state index is 0.881. The molecule has 1 nitrogen and oxygen atoms in total. The number of aryl methyl sites for hydroxylation is 1. The summed E-state index contributed by atoms with van der Waals surface area (Å²) < 4.78 is 0. The molecule has 0 fully saturated rings. The highest BCUT2D eigenvalue weighted by Gasteiger charge is 1.95. The Balaban J connectivity index is 2.42. The molecule has 0 aliphatic carbocycles. The SMILES string of the molecule is Cc1ccc(-c2[c]c#cc[c]2)cn1. The molecule has 0 saturated heterocycles. The van der Waals surface area contributed by atoms with E-state index in [9.17, 15) is 0 Å². The summed E-state index contributed by atoms with van der Waals surface area (Å²) in [4.78, 5) is 4.19. The summed E-state index contributed by atoms with van der Waals surface area (Å²) in [6, 6.07) is 17.1. The van der Waals surface area contributed by atoms with E-state index in [1.54, 1.807) is 6.07 Å². The van der Waals surface area contributed by atoms with Crippen molar-refractivity contribution in [2.45, 2.75) is 6.92 Å². The lowest BCUT2D eigenvalue weighted by atomic mass is 10.1. The van der Waals surface area contributed by atoms with Gasteiger partial charge in [-0.15, -0.1) is 0 Å². The largest absolute Gasteiger partial charge is 0.261 e. The zero-order valence-corrected chi connectivity index (χ0v) is 7.26. The van der Waals surface area contributed by atoms with E-state index in [1.165, 1.54) is 0 Å². The van der Waals surface area contributed by atoms with Gasteiger partial charge in [-0.2, -0.15) is 0 Å². The number of hydrogen-bond donors (Lipinski definition) is 0. The highest BCUT2D eigenvalue weighted by Crippen LogP contribution is 2.14. The van der Waals surface area contributed by atoms with E-state index in [-0.39, 0.29) is 0 Å². The van der Waals surface area contributed by atoms with Gasteiger partial charge in [0.15, 0.2) is 0 Å². The molecule has 60 valence electrons. The molecule has 2 rings (SSSR count). The predicted octanol–water partition coefficient (Wildman–Crippen LogP) is 2.26. The first-order chi connectivity index (χ1) is 6.36. The fraction of sp³-hybridized carbons (Fsp3) is 0.0833. The summed E-state index contributed by atoms with van der Waals surface area (Å²) in [5.41, 5.74) is 2.90. The van der Waals surface area contributed by atoms with Crippen molar-refractivity contribution in [3.63, 3.8) is 0 Å². The molecule has 1 aromatic carbocycles. The van der Waals surface area contributed by atoms with Crippen LogP contribution in [-0.4, -0.2) is 4.98 Å². The lowest BCUT2D eigenvalue weighted by Gasteiger charge is -1.97. The summed E-state index contributed by atoms with van der Waals surface area (Å²) in [7, 11) is 0. The van der Waals surface area contributed by atoms with Crippen LogP contribution in [0.3, 0.4) is 0 Å². The van der Waals surface area contributed by atoms with E-state index in [2.05, 4.69) is 29.2 Å². The molecule has 0 unspecified atom stereocenters. The third kappa shape index (κ3) is 1.68. The Morgan fingerprint density at radius 3 is 2.85 bits per heavy atom. The molecule has 0 N–H and O–H groups in total. The molecule has 1 aromatic heterocycles. The maximum absolute atomic E-state index is 4.19. The van der Waals surface area contributed by atoms with Crippen LogP contribution >= 0.6 is 0 Å². The van der Waals surface area contributed by atoms with Gasteiger partial charge in [-0.1, -0.05) is 18.2 Å². The van der Waals surface area contributed by atoms with Crippen LogP contribution in [0.25, 0.3) is 11.1 Å². The van der Waals surface area contributed by atoms with Crippen molar-refractivity contribution in [3.8, 4) is 11.1 Å². The highest BCUT2D eigenvalue weighted by molar-refractivity contribution is 5.60. The predicted molar refractivity (Wildman–Crippen MR) is 49.8 cm³/mol. The van der Waals surface area contributed by atoms with Crippen molar-refractivity contribution in [2.24, 2.45) is 0 Å². The Kier molecular flexibility index (Phi) is 1.97. The Morgan fingerprint density at radius 2 is 2.23 bits per heavy atom. The average Bonchev–Trinajstić information content (AvgIpc) is 2.20. The Morgan fingerprint density at radius 1 is 1.31 bits per heavy atom. The van der Waals surface area contributed by atoms with Crippen LogP contribution in [0.4, 0.5) is 0 Å². The first-order valence-electron chi connectivity index (χ1n) is 4.01. The van der Waals surface area contributed by atoms with Gasteiger partial charge in [0.05, 0.1) is 0 Å². The molecule has 1 heterocycles. The molecule has 0 atom stereocenters. The number of hydrogen-bond acceptors (Lipinski definition) is 1. The van der Waals surface area contributed by atoms with Crippen LogP contribution in [0, 0.1) is 31.2 Å². The fourth-order valence-electron chi connectivity index (χ4n) is 1.05. The second kappa shape index (κ2) is 3.28. The van der Waals surface area contributed by atoms with E-state index in [0.29, 0.717) is 0 Å². The number of nitrogens with zero attached hydrogens (tertiary/aromatic N) is 1. The Labute approximate surface area is 78.1 Å². The third-order valence-electron chi connectivity index (χ3n) is 1.75. The van der Waals surface area contributed by atoms with Crippen LogP contribution in [0.2, 0.25) is 0 Å². The molecule has 2 radical (unpaired) electrons. The van der Waals surface area contributed by atoms with Gasteiger partial charge in [0.25, 0.3) is 0 Å². The molecule has 0 spiro atoms. The topological polar surface area (TPSA) is 12.9 Å². The van der Waals surface area contributed by atoms with E-state index >= 15 is 0 Å². The molecule has 2 aromatic rings. The van der Waals surface area contributed by atoms with Crippen molar-refractivity contribution in [1.29, 1.82) is 0 Å². The Bertz CT molecular complexity index is 376. The molecule has 0 bridgehead atoms. The van der Waals surface area contributed by atoms with Gasteiger partial charge in [0.1, 0.15) is 0 Å². The first kappa shape index (κ1) is 7.82. The van der Waals surface area contributed by atoms with Crippen LogP contribution < -0.4 is 0 Å². The lowest BCUT2D eigenvalue weighted by molar-refractivity contribution is 1.20. The molecule has 0 amide bonds. The van der Waals surface area contributed by atoms with Gasteiger partial charge in [-0.25, -0.2) is 0 Å². The van der Waals surface area contributed by atoms with E-state index in [4.69, 9.17) is 0 Å². The minimum atomic E-state index is 0.881. The molecule has 0 aliphatic rings. The van der Waals surface area contributed by atoms with Crippen LogP contribution in [0.1, 0.15) is 5.69 Å². The maximum Gasteiger partial charge on any atom is 0.0497 e. The van der Waals surface area contributed by atoms with Gasteiger partial charge in [0.2, 0.25) is 0 Å². The van der Waals surface area contributed by atoms with Gasteiger partial charge < -0.3 is 0 Å². The quantitative estimate of drug-likeness (QED) is 0.631. The second-order valence-corrected chi connectivity index (χ2v) is 2.75. The van der Waals surface area contributed by atoms with Crippen LogP contribution in [0.15, 0.2) is 24.4 Å².